The first-order chi connectivity index (χ1) is 21.9. The van der Waals surface area contributed by atoms with Crippen molar-refractivity contribution >= 4 is 25.3 Å². The van der Waals surface area contributed by atoms with Gasteiger partial charge in [0, 0.05) is 31.5 Å². The molecule has 0 amide bonds. The fourth-order valence-corrected chi connectivity index (χ4v) is 10.8. The zero-order chi connectivity index (χ0) is 31.3. The van der Waals surface area contributed by atoms with Crippen LogP contribution in [0.1, 0.15) is 12.8 Å². The molecule has 0 bridgehead atoms. The highest BCUT2D eigenvalue weighted by atomic mass is 31.2. The molecule has 2 aliphatic rings. The lowest BCUT2D eigenvalue weighted by molar-refractivity contribution is 0.0132. The Bertz CT molecular complexity index is 1720. The van der Waals surface area contributed by atoms with Gasteiger partial charge in [-0.15, -0.1) is 0 Å². The van der Waals surface area contributed by atoms with Crippen molar-refractivity contribution in [3.05, 3.63) is 97.1 Å². The molecule has 0 spiro atoms. The van der Waals surface area contributed by atoms with Gasteiger partial charge in [0.2, 0.25) is 0 Å². The first kappa shape index (κ1) is 31.7. The van der Waals surface area contributed by atoms with Crippen molar-refractivity contribution in [3.8, 4) is 33.8 Å². The van der Waals surface area contributed by atoms with Gasteiger partial charge in [-0.05, 0) is 48.2 Å². The summed E-state index contributed by atoms with van der Waals surface area (Å²) in [5, 5.41) is 12.0. The summed E-state index contributed by atoms with van der Waals surface area (Å²) >= 11 is 0. The number of ether oxygens (including phenoxy) is 3. The number of rotatable bonds is 14. The van der Waals surface area contributed by atoms with Gasteiger partial charge in [-0.1, -0.05) is 72.8 Å². The average molecular weight is 649 g/mol. The van der Waals surface area contributed by atoms with Crippen molar-refractivity contribution < 1.29 is 37.5 Å². The Morgan fingerprint density at radius 3 is 1.60 bits per heavy atom. The monoisotopic (exact) mass is 648 g/mol. The zero-order valence-corrected chi connectivity index (χ0v) is 27.0. The highest BCUT2D eigenvalue weighted by molar-refractivity contribution is 7.68. The van der Waals surface area contributed by atoms with Gasteiger partial charge in [0.15, 0.2) is 0 Å². The number of fused-ring (bicyclic) bond motifs is 6. The molecule has 236 valence electrons. The third-order valence-electron chi connectivity index (χ3n) is 8.06. The van der Waals surface area contributed by atoms with E-state index in [9.17, 15) is 14.2 Å². The molecule has 6 rings (SSSR count). The Labute approximate surface area is 264 Å². The van der Waals surface area contributed by atoms with Crippen LogP contribution in [0.5, 0.6) is 11.5 Å². The largest absolute Gasteiger partial charge is 0.439 e. The van der Waals surface area contributed by atoms with E-state index >= 15 is 0 Å². The molecule has 45 heavy (non-hydrogen) atoms. The van der Waals surface area contributed by atoms with Crippen LogP contribution in [-0.2, 0) is 23.3 Å². The lowest BCUT2D eigenvalue weighted by Crippen LogP contribution is -2.29. The van der Waals surface area contributed by atoms with E-state index < -0.39 is 26.9 Å². The van der Waals surface area contributed by atoms with E-state index in [2.05, 4.69) is 0 Å². The summed E-state index contributed by atoms with van der Waals surface area (Å²) in [6, 6.07) is 30.3. The molecule has 4 unspecified atom stereocenters. The zero-order valence-electron chi connectivity index (χ0n) is 25.2. The number of unbranched alkanes of at least 4 members (excludes halogenated alkanes) is 1. The van der Waals surface area contributed by atoms with Crippen LogP contribution in [0.15, 0.2) is 97.1 Å². The second kappa shape index (κ2) is 14.0. The van der Waals surface area contributed by atoms with E-state index in [1.165, 1.54) is 0 Å². The fourth-order valence-electron chi connectivity index (χ4n) is 5.86. The van der Waals surface area contributed by atoms with Crippen LogP contribution in [-0.4, -0.2) is 63.2 Å². The Balaban J connectivity index is 0.924. The number of para-hydroxylation sites is 2. The summed E-state index contributed by atoms with van der Waals surface area (Å²) < 4.78 is 57.3. The third-order valence-corrected chi connectivity index (χ3v) is 13.1. The second-order valence-corrected chi connectivity index (χ2v) is 16.0. The van der Waals surface area contributed by atoms with Crippen LogP contribution >= 0.6 is 14.7 Å². The molecular formula is C35H38O8P2. The van der Waals surface area contributed by atoms with Gasteiger partial charge in [0.05, 0.1) is 48.4 Å². The molecule has 4 atom stereocenters. The van der Waals surface area contributed by atoms with E-state index in [4.69, 9.17) is 23.3 Å². The van der Waals surface area contributed by atoms with Crippen molar-refractivity contribution in [1.29, 1.82) is 0 Å². The van der Waals surface area contributed by atoms with E-state index in [1.54, 1.807) is 13.2 Å². The molecule has 10 heteroatoms. The molecule has 0 aromatic heterocycles. The normalized spacial score (nSPS) is 20.8. The number of aliphatic hydroxyl groups excluding tert-OH is 1. The summed E-state index contributed by atoms with van der Waals surface area (Å²) in [6.07, 6.45) is 0.309. The van der Waals surface area contributed by atoms with Gasteiger partial charge >= 0.3 is 0 Å². The summed E-state index contributed by atoms with van der Waals surface area (Å²) in [5.41, 5.74) is 3.64. The number of methoxy groups -OCH3 is 1. The van der Waals surface area contributed by atoms with Crippen molar-refractivity contribution in [2.24, 2.45) is 0 Å². The van der Waals surface area contributed by atoms with Crippen LogP contribution in [0.3, 0.4) is 0 Å². The van der Waals surface area contributed by atoms with E-state index in [0.29, 0.717) is 35.3 Å². The molecule has 4 aromatic carbocycles. The third kappa shape index (κ3) is 6.97. The van der Waals surface area contributed by atoms with Crippen LogP contribution in [0.25, 0.3) is 22.3 Å². The minimum Gasteiger partial charge on any atom is -0.439 e. The molecule has 4 aromatic rings. The Kier molecular flexibility index (Phi) is 9.91. The molecule has 0 fully saturated rings. The molecule has 0 saturated heterocycles. The SMILES string of the molecule is COC(COCCCCOCC(O)CP1(=O)Oc2ccccc2-c2ccccc21)CP1(=O)Oc2ccccc2-c2ccccc21. The highest BCUT2D eigenvalue weighted by Gasteiger charge is 2.39. The molecule has 0 saturated carbocycles. The van der Waals surface area contributed by atoms with Gasteiger partial charge in [0.1, 0.15) is 11.5 Å². The van der Waals surface area contributed by atoms with Gasteiger partial charge in [-0.3, -0.25) is 9.13 Å². The van der Waals surface area contributed by atoms with Gasteiger partial charge in [-0.2, -0.15) is 0 Å². The van der Waals surface area contributed by atoms with Crippen molar-refractivity contribution in [2.75, 3.05) is 45.9 Å². The lowest BCUT2D eigenvalue weighted by atomic mass is 10.0. The predicted octanol–water partition coefficient (Wildman–Crippen LogP) is 6.50. The smallest absolute Gasteiger partial charge is 0.280 e. The van der Waals surface area contributed by atoms with Crippen LogP contribution in [0, 0.1) is 0 Å². The maximum absolute atomic E-state index is 14.1. The number of aliphatic hydroxyl groups is 1. The first-order valence-electron chi connectivity index (χ1n) is 15.2. The Morgan fingerprint density at radius 1 is 0.622 bits per heavy atom. The number of hydrogen-bond acceptors (Lipinski definition) is 8. The van der Waals surface area contributed by atoms with Gasteiger partial charge in [0.25, 0.3) is 14.7 Å². The maximum Gasteiger partial charge on any atom is 0.280 e. The summed E-state index contributed by atoms with van der Waals surface area (Å²) in [4.78, 5) is 0. The molecule has 8 nitrogen and oxygen atoms in total. The fraction of sp³-hybridized carbons (Fsp3) is 0.314. The first-order valence-corrected chi connectivity index (χ1v) is 18.8. The predicted molar refractivity (Wildman–Crippen MR) is 177 cm³/mol. The molecule has 0 radical (unpaired) electrons. The van der Waals surface area contributed by atoms with Crippen LogP contribution < -0.4 is 19.7 Å². The second-order valence-electron chi connectivity index (χ2n) is 11.3. The lowest BCUT2D eigenvalue weighted by Gasteiger charge is -2.30. The molecule has 0 aliphatic carbocycles. The van der Waals surface area contributed by atoms with E-state index in [1.807, 2.05) is 91.0 Å². The Hall–Kier alpha value is -3.22. The molecule has 1 N–H and O–H groups in total. The standard InChI is InChI=1S/C35H38O8P2/c1-39-27(25-45(38)35-19-9-5-15-31(35)29-13-3-7-17-33(29)43-45)23-41-21-11-10-20-40-22-26(36)24-44(37)34-18-8-4-14-30(34)28-12-2-6-16-32(28)42-44/h2-9,12-19,26-27,36H,10-11,20-25H2,1H3. The number of hydrogen-bond donors (Lipinski definition) is 1. The van der Waals surface area contributed by atoms with E-state index in [-0.39, 0.29) is 25.5 Å². The van der Waals surface area contributed by atoms with E-state index in [0.717, 1.165) is 35.1 Å². The topological polar surface area (TPSA) is 101 Å². The summed E-state index contributed by atoms with van der Waals surface area (Å²) in [5.74, 6) is 1.19. The minimum absolute atomic E-state index is 0.0243. The minimum atomic E-state index is -3.32. The quantitative estimate of drug-likeness (QED) is 0.122. The van der Waals surface area contributed by atoms with Crippen molar-refractivity contribution in [2.45, 2.75) is 25.0 Å². The van der Waals surface area contributed by atoms with Gasteiger partial charge in [-0.25, -0.2) is 0 Å². The molecule has 2 aliphatic heterocycles. The van der Waals surface area contributed by atoms with Crippen LogP contribution in [0.4, 0.5) is 0 Å². The summed E-state index contributed by atoms with van der Waals surface area (Å²) in [6.45, 7) is 1.25. The van der Waals surface area contributed by atoms with Gasteiger partial charge < -0.3 is 28.4 Å². The van der Waals surface area contributed by atoms with Crippen LogP contribution in [0.2, 0.25) is 0 Å². The van der Waals surface area contributed by atoms with Crippen molar-refractivity contribution in [3.63, 3.8) is 0 Å². The average Bonchev–Trinajstić information content (AvgIpc) is 3.05. The highest BCUT2D eigenvalue weighted by Crippen LogP contribution is 2.56. The summed E-state index contributed by atoms with van der Waals surface area (Å²) in [7, 11) is -4.95. The van der Waals surface area contributed by atoms with Crippen molar-refractivity contribution in [1.82, 2.24) is 0 Å². The molecule has 2 heterocycles. The maximum atomic E-state index is 14.1. The Morgan fingerprint density at radius 2 is 1.07 bits per heavy atom. The number of benzene rings is 4. The molecular weight excluding hydrogens is 610 g/mol.